The summed E-state index contributed by atoms with van der Waals surface area (Å²) in [5, 5.41) is 4.13. The molecule has 5 rings (SSSR count). The third-order valence-corrected chi connectivity index (χ3v) is 10.5. The van der Waals surface area contributed by atoms with Gasteiger partial charge in [-0.15, -0.1) is 11.3 Å². The number of aromatic nitrogens is 1. The summed E-state index contributed by atoms with van der Waals surface area (Å²) < 4.78 is 41.6. The van der Waals surface area contributed by atoms with E-state index >= 15 is 0 Å². The minimum absolute atomic E-state index is 0.00604. The maximum Gasteiger partial charge on any atom is 0.241 e. The summed E-state index contributed by atoms with van der Waals surface area (Å²) in [6, 6.07) is 9.00. The minimum atomic E-state index is -4.16. The number of halogens is 1. The summed E-state index contributed by atoms with van der Waals surface area (Å²) in [4.78, 5) is 32.6. The summed E-state index contributed by atoms with van der Waals surface area (Å²) in [6.45, 7) is 5.83. The molecule has 0 bridgehead atoms. The zero-order valence-electron chi connectivity index (χ0n) is 23.5. The molecular formula is C28H34ClN5O6S2. The molecule has 2 saturated heterocycles. The van der Waals surface area contributed by atoms with Crippen LogP contribution in [0.1, 0.15) is 24.1 Å². The fourth-order valence-electron chi connectivity index (χ4n) is 5.33. The van der Waals surface area contributed by atoms with Crippen molar-refractivity contribution < 1.29 is 27.3 Å². The van der Waals surface area contributed by atoms with Crippen molar-refractivity contribution in [3.05, 3.63) is 52.0 Å². The number of hydrogen-bond acceptors (Lipinski definition) is 9. The molecule has 1 N–H and O–H groups in total. The molecule has 1 atom stereocenters. The van der Waals surface area contributed by atoms with Crippen LogP contribution in [0.2, 0.25) is 4.34 Å². The van der Waals surface area contributed by atoms with Crippen molar-refractivity contribution in [2.45, 2.75) is 37.1 Å². The lowest BCUT2D eigenvalue weighted by molar-refractivity contribution is -0.134. The molecule has 2 aliphatic heterocycles. The highest BCUT2D eigenvalue weighted by atomic mass is 35.5. The third kappa shape index (κ3) is 6.87. The lowest BCUT2D eigenvalue weighted by Crippen LogP contribution is -2.55. The maximum absolute atomic E-state index is 13.8. The summed E-state index contributed by atoms with van der Waals surface area (Å²) in [6.07, 6.45) is 1.15. The van der Waals surface area contributed by atoms with Gasteiger partial charge in [0.1, 0.15) is 6.04 Å². The minimum Gasteiger partial charge on any atom is -0.383 e. The van der Waals surface area contributed by atoms with Gasteiger partial charge in [0.25, 0.3) is 0 Å². The zero-order valence-corrected chi connectivity index (χ0v) is 25.9. The molecule has 1 aromatic carbocycles. The average molecular weight is 636 g/mol. The Bertz CT molecular complexity index is 1530. The number of nitrogens with one attached hydrogen (secondary N) is 1. The van der Waals surface area contributed by atoms with Crippen molar-refractivity contribution in [1.82, 2.24) is 19.7 Å². The number of carbonyl (C=O) groups is 2. The van der Waals surface area contributed by atoms with Gasteiger partial charge in [-0.05, 0) is 43.2 Å². The van der Waals surface area contributed by atoms with Gasteiger partial charge in [0.15, 0.2) is 5.76 Å². The largest absolute Gasteiger partial charge is 0.383 e. The number of benzene rings is 1. The van der Waals surface area contributed by atoms with Gasteiger partial charge in [-0.3, -0.25) is 14.5 Å². The van der Waals surface area contributed by atoms with Crippen molar-refractivity contribution >= 4 is 50.5 Å². The highest BCUT2D eigenvalue weighted by molar-refractivity contribution is 7.89. The van der Waals surface area contributed by atoms with Gasteiger partial charge in [-0.1, -0.05) is 22.8 Å². The second kappa shape index (κ2) is 13.2. The molecule has 2 aromatic heterocycles. The quantitative estimate of drug-likeness (QED) is 0.341. The second-order valence-corrected chi connectivity index (χ2v) is 13.8. The van der Waals surface area contributed by atoms with Crippen molar-refractivity contribution in [2.24, 2.45) is 0 Å². The van der Waals surface area contributed by atoms with Gasteiger partial charge in [-0.2, -0.15) is 4.72 Å². The molecule has 14 heteroatoms. The van der Waals surface area contributed by atoms with Gasteiger partial charge >= 0.3 is 0 Å². The monoisotopic (exact) mass is 635 g/mol. The predicted octanol–water partition coefficient (Wildman–Crippen LogP) is 3.17. The first-order valence-electron chi connectivity index (χ1n) is 13.8. The zero-order chi connectivity index (χ0) is 29.9. The number of methoxy groups -OCH3 is 1. The first-order chi connectivity index (χ1) is 20.2. The number of thiophene rings is 1. The molecule has 0 spiro atoms. The molecule has 0 saturated carbocycles. The van der Waals surface area contributed by atoms with E-state index in [0.29, 0.717) is 72.8 Å². The fraction of sp³-hybridized carbons (Fsp3) is 0.464. The summed E-state index contributed by atoms with van der Waals surface area (Å²) in [5.41, 5.74) is 1.45. The van der Waals surface area contributed by atoms with E-state index in [-0.39, 0.29) is 23.1 Å². The number of amides is 2. The van der Waals surface area contributed by atoms with Crippen LogP contribution in [0.4, 0.5) is 5.69 Å². The predicted molar refractivity (Wildman–Crippen MR) is 160 cm³/mol. The molecule has 2 fully saturated rings. The normalized spacial score (nSPS) is 17.3. The van der Waals surface area contributed by atoms with Crippen LogP contribution in [0.5, 0.6) is 0 Å². The topological polar surface area (TPSA) is 125 Å². The Morgan fingerprint density at radius 2 is 1.98 bits per heavy atom. The number of hydrogen-bond donors (Lipinski definition) is 1. The molecule has 11 nitrogen and oxygen atoms in total. The molecule has 0 unspecified atom stereocenters. The molecule has 0 radical (unpaired) electrons. The molecule has 4 heterocycles. The summed E-state index contributed by atoms with van der Waals surface area (Å²) in [7, 11) is -2.51. The standard InChI is InChI=1S/C28H34ClN5O6S2/c1-19-22(34-10-4-7-27(34)35)5-3-6-25(19)42(37,38)31-21(28(36)33-13-11-32(12-14-33)15-16-39-2)17-20-18-23(40-30-20)24-8-9-26(29)41-24/h3,5-6,8-9,18,21,31H,4,7,10-17H2,1-2H3/t21-/m0/s1. The summed E-state index contributed by atoms with van der Waals surface area (Å²) in [5.74, 6) is 0.117. The van der Waals surface area contributed by atoms with E-state index in [1.54, 1.807) is 48.1 Å². The molecule has 226 valence electrons. The number of ether oxygens (including phenoxy) is 1. The lowest BCUT2D eigenvalue weighted by atomic mass is 10.1. The number of carbonyl (C=O) groups excluding carboxylic acids is 2. The Labute approximate surface area is 254 Å². The number of piperazine rings is 1. The Morgan fingerprint density at radius 1 is 1.19 bits per heavy atom. The lowest BCUT2D eigenvalue weighted by Gasteiger charge is -2.36. The van der Waals surface area contributed by atoms with Crippen LogP contribution >= 0.6 is 22.9 Å². The van der Waals surface area contributed by atoms with Crippen molar-refractivity contribution in [1.29, 1.82) is 0 Å². The van der Waals surface area contributed by atoms with E-state index in [0.717, 1.165) is 17.8 Å². The van der Waals surface area contributed by atoms with Crippen LogP contribution in [-0.2, 0) is 30.8 Å². The Kier molecular flexibility index (Phi) is 9.65. The smallest absolute Gasteiger partial charge is 0.241 e. The van der Waals surface area contributed by atoms with Crippen LogP contribution in [0.15, 0.2) is 45.8 Å². The Balaban J connectivity index is 1.39. The SMILES string of the molecule is COCCN1CCN(C(=O)[C@H](Cc2cc(-c3ccc(Cl)s3)on2)NS(=O)(=O)c2cccc(N3CCCC3=O)c2C)CC1. The van der Waals surface area contributed by atoms with E-state index in [2.05, 4.69) is 14.8 Å². The van der Waals surface area contributed by atoms with Crippen LogP contribution in [-0.4, -0.2) is 94.2 Å². The number of sulfonamides is 1. The van der Waals surface area contributed by atoms with E-state index in [4.69, 9.17) is 20.9 Å². The maximum atomic E-state index is 13.8. The van der Waals surface area contributed by atoms with E-state index in [9.17, 15) is 18.0 Å². The number of nitrogens with zero attached hydrogens (tertiary/aromatic N) is 4. The van der Waals surface area contributed by atoms with Gasteiger partial charge in [0, 0.05) is 71.0 Å². The van der Waals surface area contributed by atoms with Gasteiger partial charge in [-0.25, -0.2) is 8.42 Å². The Morgan fingerprint density at radius 3 is 2.64 bits per heavy atom. The van der Waals surface area contributed by atoms with Gasteiger partial charge < -0.3 is 19.1 Å². The number of anilines is 1. The first-order valence-corrected chi connectivity index (χ1v) is 16.5. The highest BCUT2D eigenvalue weighted by Crippen LogP contribution is 2.32. The highest BCUT2D eigenvalue weighted by Gasteiger charge is 2.34. The van der Waals surface area contributed by atoms with Gasteiger partial charge in [0.05, 0.1) is 26.4 Å². The average Bonchev–Trinajstić information content (AvgIpc) is 3.73. The van der Waals surface area contributed by atoms with E-state index < -0.39 is 16.1 Å². The fourth-order valence-corrected chi connectivity index (χ4v) is 7.77. The molecule has 0 aliphatic carbocycles. The first kappa shape index (κ1) is 30.6. The molecule has 2 amide bonds. The van der Waals surface area contributed by atoms with E-state index in [1.165, 1.54) is 17.4 Å². The van der Waals surface area contributed by atoms with Crippen LogP contribution in [0, 0.1) is 6.92 Å². The van der Waals surface area contributed by atoms with Crippen LogP contribution in [0.25, 0.3) is 10.6 Å². The molecular weight excluding hydrogens is 602 g/mol. The van der Waals surface area contributed by atoms with Crippen LogP contribution in [0.3, 0.4) is 0 Å². The molecule has 42 heavy (non-hydrogen) atoms. The third-order valence-electron chi connectivity index (χ3n) is 7.59. The van der Waals surface area contributed by atoms with Crippen molar-refractivity contribution in [3.63, 3.8) is 0 Å². The van der Waals surface area contributed by atoms with E-state index in [1.807, 2.05) is 6.07 Å². The summed E-state index contributed by atoms with van der Waals surface area (Å²) >= 11 is 7.40. The molecule has 2 aliphatic rings. The molecule has 3 aromatic rings. The van der Waals surface area contributed by atoms with Crippen molar-refractivity contribution in [3.8, 4) is 10.6 Å². The van der Waals surface area contributed by atoms with Crippen molar-refractivity contribution in [2.75, 3.05) is 57.9 Å². The van der Waals surface area contributed by atoms with Crippen LogP contribution < -0.4 is 9.62 Å². The van der Waals surface area contributed by atoms with Gasteiger partial charge in [0.2, 0.25) is 21.8 Å². The number of rotatable bonds is 11. The second-order valence-electron chi connectivity index (χ2n) is 10.4. The Hall–Kier alpha value is -2.81.